The molecular formula is C15H21N3O2. The van der Waals surface area contributed by atoms with Gasteiger partial charge in [-0.05, 0) is 38.5 Å². The standard InChI is InChI=1S/C15H21N3O2/c1-4-18-14(9-10-16-18)15(19)17(3)12(2)7-8-13-6-5-11-20-13/h5-6,9-12H,4,7-8H2,1-3H3. The fourth-order valence-corrected chi connectivity index (χ4v) is 2.15. The van der Waals surface area contributed by atoms with Crippen LogP contribution in [0.5, 0.6) is 0 Å². The molecule has 1 atom stereocenters. The zero-order valence-electron chi connectivity index (χ0n) is 12.2. The van der Waals surface area contributed by atoms with Crippen LogP contribution in [-0.2, 0) is 13.0 Å². The van der Waals surface area contributed by atoms with E-state index in [1.54, 1.807) is 28.1 Å². The van der Waals surface area contributed by atoms with E-state index in [2.05, 4.69) is 5.10 Å². The Labute approximate surface area is 119 Å². The Hall–Kier alpha value is -2.04. The Bertz CT molecular complexity index is 545. The van der Waals surface area contributed by atoms with Crippen molar-refractivity contribution >= 4 is 5.91 Å². The van der Waals surface area contributed by atoms with Crippen LogP contribution < -0.4 is 0 Å². The van der Waals surface area contributed by atoms with Gasteiger partial charge in [-0.15, -0.1) is 0 Å². The monoisotopic (exact) mass is 275 g/mol. The molecule has 1 amide bonds. The van der Waals surface area contributed by atoms with E-state index in [1.165, 1.54) is 0 Å². The number of carbonyl (C=O) groups is 1. The summed E-state index contributed by atoms with van der Waals surface area (Å²) in [5.74, 6) is 0.965. The highest BCUT2D eigenvalue weighted by Gasteiger charge is 2.20. The van der Waals surface area contributed by atoms with E-state index >= 15 is 0 Å². The number of hydrogen-bond donors (Lipinski definition) is 0. The average Bonchev–Trinajstić information content (AvgIpc) is 3.13. The maximum atomic E-state index is 12.4. The summed E-state index contributed by atoms with van der Waals surface area (Å²) in [6.07, 6.45) is 5.04. The zero-order chi connectivity index (χ0) is 14.5. The fraction of sp³-hybridized carbons (Fsp3) is 0.467. The molecule has 0 saturated heterocycles. The van der Waals surface area contributed by atoms with Crippen molar-refractivity contribution in [3.8, 4) is 0 Å². The number of nitrogens with zero attached hydrogens (tertiary/aromatic N) is 3. The molecule has 0 radical (unpaired) electrons. The minimum Gasteiger partial charge on any atom is -0.469 e. The summed E-state index contributed by atoms with van der Waals surface area (Å²) >= 11 is 0. The first-order valence-corrected chi connectivity index (χ1v) is 6.94. The van der Waals surface area contributed by atoms with Gasteiger partial charge in [-0.3, -0.25) is 9.48 Å². The predicted octanol–water partition coefficient (Wildman–Crippen LogP) is 2.59. The lowest BCUT2D eigenvalue weighted by Crippen LogP contribution is -2.36. The first-order valence-electron chi connectivity index (χ1n) is 6.94. The molecule has 2 heterocycles. The summed E-state index contributed by atoms with van der Waals surface area (Å²) in [5, 5.41) is 4.14. The van der Waals surface area contributed by atoms with Crippen LogP contribution in [-0.4, -0.2) is 33.7 Å². The van der Waals surface area contributed by atoms with Gasteiger partial charge in [0.1, 0.15) is 11.5 Å². The number of aromatic nitrogens is 2. The minimum absolute atomic E-state index is 0.0105. The lowest BCUT2D eigenvalue weighted by molar-refractivity contribution is 0.0723. The van der Waals surface area contributed by atoms with Crippen molar-refractivity contribution in [3.05, 3.63) is 42.1 Å². The molecule has 1 unspecified atom stereocenters. The van der Waals surface area contributed by atoms with Crippen molar-refractivity contribution in [1.29, 1.82) is 0 Å². The number of amides is 1. The molecule has 0 saturated carbocycles. The second-order valence-corrected chi connectivity index (χ2v) is 4.92. The first kappa shape index (κ1) is 14.4. The number of rotatable bonds is 6. The quantitative estimate of drug-likeness (QED) is 0.814. The third kappa shape index (κ3) is 3.10. The Morgan fingerprint density at radius 1 is 1.50 bits per heavy atom. The van der Waals surface area contributed by atoms with E-state index in [-0.39, 0.29) is 11.9 Å². The Kier molecular flexibility index (Phi) is 4.61. The lowest BCUT2D eigenvalue weighted by atomic mass is 10.1. The van der Waals surface area contributed by atoms with E-state index in [0.717, 1.165) is 18.6 Å². The lowest BCUT2D eigenvalue weighted by Gasteiger charge is -2.24. The largest absolute Gasteiger partial charge is 0.469 e. The summed E-state index contributed by atoms with van der Waals surface area (Å²) in [4.78, 5) is 14.2. The van der Waals surface area contributed by atoms with Gasteiger partial charge in [0.15, 0.2) is 0 Å². The minimum atomic E-state index is 0.0105. The van der Waals surface area contributed by atoms with Gasteiger partial charge >= 0.3 is 0 Å². The van der Waals surface area contributed by atoms with E-state index in [4.69, 9.17) is 4.42 Å². The van der Waals surface area contributed by atoms with Gasteiger partial charge < -0.3 is 9.32 Å². The van der Waals surface area contributed by atoms with Gasteiger partial charge in [-0.2, -0.15) is 5.10 Å². The molecule has 5 nitrogen and oxygen atoms in total. The van der Waals surface area contributed by atoms with Gasteiger partial charge in [-0.1, -0.05) is 0 Å². The second-order valence-electron chi connectivity index (χ2n) is 4.92. The summed E-state index contributed by atoms with van der Waals surface area (Å²) < 4.78 is 7.04. The summed E-state index contributed by atoms with van der Waals surface area (Å²) in [6.45, 7) is 4.72. The first-order chi connectivity index (χ1) is 9.63. The number of hydrogen-bond acceptors (Lipinski definition) is 3. The van der Waals surface area contributed by atoms with Gasteiger partial charge in [0, 0.05) is 32.3 Å². The van der Waals surface area contributed by atoms with E-state index < -0.39 is 0 Å². The number of furan rings is 1. The Morgan fingerprint density at radius 2 is 2.30 bits per heavy atom. The molecule has 108 valence electrons. The summed E-state index contributed by atoms with van der Waals surface area (Å²) in [6, 6.07) is 5.75. The van der Waals surface area contributed by atoms with Crippen LogP contribution in [0, 0.1) is 0 Å². The maximum absolute atomic E-state index is 12.4. The van der Waals surface area contributed by atoms with Crippen LogP contribution in [0.2, 0.25) is 0 Å². The number of carbonyl (C=O) groups excluding carboxylic acids is 1. The van der Waals surface area contributed by atoms with E-state index in [1.807, 2.05) is 33.0 Å². The molecule has 0 N–H and O–H groups in total. The molecule has 20 heavy (non-hydrogen) atoms. The topological polar surface area (TPSA) is 51.3 Å². The highest BCUT2D eigenvalue weighted by Crippen LogP contribution is 2.12. The normalized spacial score (nSPS) is 12.3. The molecule has 2 aromatic rings. The molecule has 0 aromatic carbocycles. The van der Waals surface area contributed by atoms with Crippen LogP contribution in [0.1, 0.15) is 36.5 Å². The van der Waals surface area contributed by atoms with Crippen LogP contribution in [0.3, 0.4) is 0 Å². The van der Waals surface area contributed by atoms with Crippen LogP contribution in [0.25, 0.3) is 0 Å². The third-order valence-electron chi connectivity index (χ3n) is 3.61. The van der Waals surface area contributed by atoms with E-state index in [9.17, 15) is 4.79 Å². The smallest absolute Gasteiger partial charge is 0.272 e. The SMILES string of the molecule is CCn1nccc1C(=O)N(C)C(C)CCc1ccco1. The van der Waals surface area contributed by atoms with Crippen molar-refractivity contribution in [1.82, 2.24) is 14.7 Å². The zero-order valence-corrected chi connectivity index (χ0v) is 12.2. The maximum Gasteiger partial charge on any atom is 0.272 e. The molecule has 0 bridgehead atoms. The molecule has 0 aliphatic rings. The van der Waals surface area contributed by atoms with Gasteiger partial charge in [-0.25, -0.2) is 0 Å². The van der Waals surface area contributed by atoms with Crippen molar-refractivity contribution in [2.75, 3.05) is 7.05 Å². The molecule has 0 fully saturated rings. The van der Waals surface area contributed by atoms with E-state index in [0.29, 0.717) is 12.2 Å². The Balaban J connectivity index is 1.95. The van der Waals surface area contributed by atoms with Crippen LogP contribution in [0.4, 0.5) is 0 Å². The molecule has 0 aliphatic carbocycles. The summed E-state index contributed by atoms with van der Waals surface area (Å²) in [5.41, 5.74) is 0.639. The molecule has 2 aromatic heterocycles. The highest BCUT2D eigenvalue weighted by molar-refractivity contribution is 5.92. The molecular weight excluding hydrogens is 254 g/mol. The Morgan fingerprint density at radius 3 is 2.95 bits per heavy atom. The average molecular weight is 275 g/mol. The van der Waals surface area contributed by atoms with Crippen LogP contribution >= 0.6 is 0 Å². The van der Waals surface area contributed by atoms with Gasteiger partial charge in [0.2, 0.25) is 0 Å². The molecule has 0 spiro atoms. The number of aryl methyl sites for hydroxylation is 2. The third-order valence-corrected chi connectivity index (χ3v) is 3.61. The van der Waals surface area contributed by atoms with Crippen molar-refractivity contribution < 1.29 is 9.21 Å². The van der Waals surface area contributed by atoms with Crippen molar-refractivity contribution in [3.63, 3.8) is 0 Å². The fourth-order valence-electron chi connectivity index (χ4n) is 2.15. The van der Waals surface area contributed by atoms with Crippen molar-refractivity contribution in [2.45, 2.75) is 39.3 Å². The van der Waals surface area contributed by atoms with Gasteiger partial charge in [0.05, 0.1) is 6.26 Å². The predicted molar refractivity (Wildman–Crippen MR) is 76.5 cm³/mol. The summed E-state index contributed by atoms with van der Waals surface area (Å²) in [7, 11) is 1.84. The van der Waals surface area contributed by atoms with Crippen molar-refractivity contribution in [2.24, 2.45) is 0 Å². The molecule has 2 rings (SSSR count). The molecule has 5 heteroatoms. The van der Waals surface area contributed by atoms with Gasteiger partial charge in [0.25, 0.3) is 5.91 Å². The highest BCUT2D eigenvalue weighted by atomic mass is 16.3. The second kappa shape index (κ2) is 6.41. The molecule has 0 aliphatic heterocycles. The van der Waals surface area contributed by atoms with Crippen LogP contribution in [0.15, 0.2) is 35.1 Å².